The topological polar surface area (TPSA) is 44.7 Å². The fourth-order valence-corrected chi connectivity index (χ4v) is 2.63. The monoisotopic (exact) mass is 256 g/mol. The molecule has 2 aliphatic rings. The zero-order valence-corrected chi connectivity index (χ0v) is 11.7. The first-order chi connectivity index (χ1) is 8.72. The fraction of sp³-hybridized carbons (Fsp3) is 1.00. The van der Waals surface area contributed by atoms with E-state index >= 15 is 0 Å². The van der Waals surface area contributed by atoms with Gasteiger partial charge in [0.1, 0.15) is 0 Å². The number of nitrogens with one attached hydrogen (secondary N) is 1. The molecule has 1 unspecified atom stereocenters. The Balaban J connectivity index is 1.65. The van der Waals surface area contributed by atoms with E-state index in [4.69, 9.17) is 4.74 Å². The minimum Gasteiger partial charge on any atom is -0.394 e. The Morgan fingerprint density at radius 3 is 2.89 bits per heavy atom. The van der Waals surface area contributed by atoms with E-state index in [1.165, 1.54) is 12.8 Å². The molecule has 0 bridgehead atoms. The van der Waals surface area contributed by atoms with E-state index in [0.29, 0.717) is 6.04 Å². The highest BCUT2D eigenvalue weighted by Crippen LogP contribution is 2.24. The third kappa shape index (κ3) is 4.84. The van der Waals surface area contributed by atoms with Crippen LogP contribution in [-0.2, 0) is 4.74 Å². The van der Waals surface area contributed by atoms with Crippen molar-refractivity contribution in [2.45, 2.75) is 50.6 Å². The summed E-state index contributed by atoms with van der Waals surface area (Å²) in [5, 5.41) is 13.1. The lowest BCUT2D eigenvalue weighted by Crippen LogP contribution is -2.47. The minimum atomic E-state index is -0.0798. The first-order valence-electron chi connectivity index (χ1n) is 7.40. The highest BCUT2D eigenvalue weighted by Gasteiger charge is 2.31. The van der Waals surface area contributed by atoms with Gasteiger partial charge in [0.2, 0.25) is 0 Å². The molecule has 18 heavy (non-hydrogen) atoms. The summed E-state index contributed by atoms with van der Waals surface area (Å²) in [5.41, 5.74) is -0.0798. The van der Waals surface area contributed by atoms with Crippen LogP contribution < -0.4 is 5.32 Å². The molecule has 1 aliphatic carbocycles. The molecule has 1 heterocycles. The summed E-state index contributed by atoms with van der Waals surface area (Å²) in [6.45, 7) is 7.53. The summed E-state index contributed by atoms with van der Waals surface area (Å²) in [6.07, 6.45) is 5.91. The summed E-state index contributed by atoms with van der Waals surface area (Å²) < 4.78 is 5.46. The van der Waals surface area contributed by atoms with E-state index in [-0.39, 0.29) is 12.1 Å². The van der Waals surface area contributed by atoms with Crippen molar-refractivity contribution in [3.8, 4) is 0 Å². The minimum absolute atomic E-state index is 0.0798. The maximum absolute atomic E-state index is 9.55. The van der Waals surface area contributed by atoms with Crippen molar-refractivity contribution >= 4 is 0 Å². The summed E-state index contributed by atoms with van der Waals surface area (Å²) in [7, 11) is 0. The number of aliphatic hydroxyl groups excluding tert-OH is 1. The fourth-order valence-electron chi connectivity index (χ4n) is 2.63. The maximum Gasteiger partial charge on any atom is 0.0610 e. The molecule has 0 aromatic carbocycles. The lowest BCUT2D eigenvalue weighted by molar-refractivity contribution is 0.137. The molecule has 0 aromatic heterocycles. The molecule has 4 nitrogen and oxygen atoms in total. The number of ether oxygens (including phenoxy) is 1. The van der Waals surface area contributed by atoms with Crippen LogP contribution in [0.4, 0.5) is 0 Å². The van der Waals surface area contributed by atoms with Gasteiger partial charge in [-0.1, -0.05) is 0 Å². The van der Waals surface area contributed by atoms with Crippen LogP contribution in [0.25, 0.3) is 0 Å². The molecule has 2 N–H and O–H groups in total. The molecule has 2 fully saturated rings. The van der Waals surface area contributed by atoms with Gasteiger partial charge in [0.25, 0.3) is 0 Å². The predicted molar refractivity (Wildman–Crippen MR) is 72.8 cm³/mol. The lowest BCUT2D eigenvalue weighted by Gasteiger charge is -2.30. The molecule has 2 rings (SSSR count). The van der Waals surface area contributed by atoms with Gasteiger partial charge in [0.15, 0.2) is 0 Å². The quantitative estimate of drug-likeness (QED) is 0.713. The van der Waals surface area contributed by atoms with Crippen molar-refractivity contribution in [3.05, 3.63) is 0 Å². The van der Waals surface area contributed by atoms with Crippen LogP contribution in [-0.4, -0.2) is 61.0 Å². The van der Waals surface area contributed by atoms with Crippen molar-refractivity contribution in [2.75, 3.05) is 39.5 Å². The van der Waals surface area contributed by atoms with Gasteiger partial charge >= 0.3 is 0 Å². The Morgan fingerprint density at radius 2 is 2.17 bits per heavy atom. The molecule has 0 amide bonds. The van der Waals surface area contributed by atoms with Gasteiger partial charge in [-0.15, -0.1) is 0 Å². The number of rotatable bonds is 7. The Labute approximate surface area is 111 Å². The van der Waals surface area contributed by atoms with Gasteiger partial charge in [-0.2, -0.15) is 0 Å². The van der Waals surface area contributed by atoms with E-state index in [1.54, 1.807) is 0 Å². The Morgan fingerprint density at radius 1 is 1.33 bits per heavy atom. The molecule has 0 spiro atoms. The van der Waals surface area contributed by atoms with Crippen LogP contribution in [0.15, 0.2) is 0 Å². The third-order valence-electron chi connectivity index (χ3n) is 4.00. The SMILES string of the molecule is CC(CO)(CCCN1CCCOCC1)NC1CC1. The van der Waals surface area contributed by atoms with Crippen molar-refractivity contribution in [2.24, 2.45) is 0 Å². The average Bonchev–Trinajstić information content (AvgIpc) is 3.17. The van der Waals surface area contributed by atoms with Gasteiger partial charge in [0.05, 0.1) is 13.2 Å². The Bertz CT molecular complexity index is 238. The molecule has 106 valence electrons. The maximum atomic E-state index is 9.55. The van der Waals surface area contributed by atoms with Crippen LogP contribution in [0, 0.1) is 0 Å². The number of nitrogens with zero attached hydrogens (tertiary/aromatic N) is 1. The third-order valence-corrected chi connectivity index (χ3v) is 4.00. The second-order valence-corrected chi connectivity index (χ2v) is 6.05. The summed E-state index contributed by atoms with van der Waals surface area (Å²) >= 11 is 0. The Hall–Kier alpha value is -0.160. The van der Waals surface area contributed by atoms with Crippen LogP contribution in [0.1, 0.15) is 39.0 Å². The average molecular weight is 256 g/mol. The highest BCUT2D eigenvalue weighted by molar-refractivity contribution is 4.92. The summed E-state index contributed by atoms with van der Waals surface area (Å²) in [4.78, 5) is 2.49. The molecule has 1 atom stereocenters. The van der Waals surface area contributed by atoms with E-state index in [1.807, 2.05) is 0 Å². The van der Waals surface area contributed by atoms with Crippen LogP contribution >= 0.6 is 0 Å². The smallest absolute Gasteiger partial charge is 0.0610 e. The molecule has 1 saturated carbocycles. The lowest BCUT2D eigenvalue weighted by atomic mass is 9.96. The van der Waals surface area contributed by atoms with E-state index in [2.05, 4.69) is 17.1 Å². The van der Waals surface area contributed by atoms with Crippen molar-refractivity contribution in [1.29, 1.82) is 0 Å². The van der Waals surface area contributed by atoms with Gasteiger partial charge in [0, 0.05) is 31.3 Å². The zero-order valence-electron chi connectivity index (χ0n) is 11.7. The van der Waals surface area contributed by atoms with Crippen molar-refractivity contribution in [1.82, 2.24) is 10.2 Å². The first kappa shape index (κ1) is 14.3. The van der Waals surface area contributed by atoms with Gasteiger partial charge < -0.3 is 20.1 Å². The van der Waals surface area contributed by atoms with Gasteiger partial charge in [-0.25, -0.2) is 0 Å². The molecule has 1 saturated heterocycles. The zero-order chi connectivity index (χ0) is 12.8. The predicted octanol–water partition coefficient (Wildman–Crippen LogP) is 0.992. The van der Waals surface area contributed by atoms with E-state index in [0.717, 1.165) is 52.1 Å². The normalized spacial score (nSPS) is 25.7. The molecular formula is C14H28N2O2. The molecule has 1 aliphatic heterocycles. The standard InChI is InChI=1S/C14H28N2O2/c1-14(12-17,15-13-4-5-13)6-2-7-16-8-3-10-18-11-9-16/h13,15,17H,2-12H2,1H3. The van der Waals surface area contributed by atoms with Crippen molar-refractivity contribution in [3.63, 3.8) is 0 Å². The second-order valence-electron chi connectivity index (χ2n) is 6.05. The van der Waals surface area contributed by atoms with Gasteiger partial charge in [-0.3, -0.25) is 0 Å². The van der Waals surface area contributed by atoms with Crippen LogP contribution in [0.2, 0.25) is 0 Å². The van der Waals surface area contributed by atoms with E-state index in [9.17, 15) is 5.11 Å². The van der Waals surface area contributed by atoms with Crippen molar-refractivity contribution < 1.29 is 9.84 Å². The molecule has 0 aromatic rings. The largest absolute Gasteiger partial charge is 0.394 e. The number of aliphatic hydroxyl groups is 1. The second kappa shape index (κ2) is 6.85. The number of hydrogen-bond acceptors (Lipinski definition) is 4. The highest BCUT2D eigenvalue weighted by atomic mass is 16.5. The molecular weight excluding hydrogens is 228 g/mol. The Kier molecular flexibility index (Phi) is 5.42. The first-order valence-corrected chi connectivity index (χ1v) is 7.40. The van der Waals surface area contributed by atoms with Gasteiger partial charge in [-0.05, 0) is 45.6 Å². The molecule has 4 heteroatoms. The summed E-state index contributed by atoms with van der Waals surface area (Å²) in [6, 6.07) is 0.661. The van der Waals surface area contributed by atoms with Crippen LogP contribution in [0.5, 0.6) is 0 Å². The number of hydrogen-bond donors (Lipinski definition) is 2. The molecule has 0 radical (unpaired) electrons. The van der Waals surface area contributed by atoms with E-state index < -0.39 is 0 Å². The van der Waals surface area contributed by atoms with Crippen LogP contribution in [0.3, 0.4) is 0 Å². The summed E-state index contributed by atoms with van der Waals surface area (Å²) in [5.74, 6) is 0.